The van der Waals surface area contributed by atoms with Crippen LogP contribution in [0.15, 0.2) is 18.2 Å². The maximum Gasteiger partial charge on any atom is 0.253 e. The number of aryl methyl sites for hydroxylation is 1. The molecule has 1 amide bonds. The van der Waals surface area contributed by atoms with Crippen molar-refractivity contribution in [2.24, 2.45) is 5.92 Å². The predicted octanol–water partition coefficient (Wildman–Crippen LogP) is 2.63. The van der Waals surface area contributed by atoms with E-state index in [-0.39, 0.29) is 11.9 Å². The van der Waals surface area contributed by atoms with Gasteiger partial charge in [-0.2, -0.15) is 0 Å². The van der Waals surface area contributed by atoms with Gasteiger partial charge in [0.05, 0.1) is 23.3 Å². The van der Waals surface area contributed by atoms with Crippen LogP contribution in [0, 0.1) is 12.8 Å². The molecule has 0 radical (unpaired) electrons. The minimum Gasteiger partial charge on any atom is -0.375 e. The van der Waals surface area contributed by atoms with Gasteiger partial charge in [-0.15, -0.1) is 0 Å². The molecule has 4 rings (SSSR count). The number of ether oxygens (including phenoxy) is 1. The molecule has 3 fully saturated rings. The summed E-state index contributed by atoms with van der Waals surface area (Å²) in [5, 5.41) is 3.70. The van der Waals surface area contributed by atoms with Crippen molar-refractivity contribution >= 4 is 17.5 Å². The van der Waals surface area contributed by atoms with Crippen LogP contribution in [0.25, 0.3) is 0 Å². The lowest BCUT2D eigenvalue weighted by Crippen LogP contribution is -2.47. The van der Waals surface area contributed by atoms with Crippen molar-refractivity contribution in [1.29, 1.82) is 0 Å². The third-order valence-corrected chi connectivity index (χ3v) is 5.69. The van der Waals surface area contributed by atoms with E-state index in [0.29, 0.717) is 22.7 Å². The molecular formula is C18H23ClN2O2. The molecule has 0 bridgehead atoms. The Kier molecular flexibility index (Phi) is 4.08. The molecule has 23 heavy (non-hydrogen) atoms. The molecule has 2 heterocycles. The number of hydrogen-bond donors (Lipinski definition) is 1. The molecule has 4 nitrogen and oxygen atoms in total. The van der Waals surface area contributed by atoms with Crippen molar-refractivity contribution in [2.45, 2.75) is 44.4 Å². The molecule has 124 valence electrons. The van der Waals surface area contributed by atoms with Crippen LogP contribution in [0.3, 0.4) is 0 Å². The number of morpholine rings is 1. The molecule has 1 aliphatic carbocycles. The molecule has 2 aliphatic heterocycles. The fourth-order valence-corrected chi connectivity index (χ4v) is 4.24. The summed E-state index contributed by atoms with van der Waals surface area (Å²) in [5.41, 5.74) is 1.52. The summed E-state index contributed by atoms with van der Waals surface area (Å²) in [6.07, 6.45) is 4.00. The van der Waals surface area contributed by atoms with E-state index in [0.717, 1.165) is 37.6 Å². The normalized spacial score (nSPS) is 31.0. The molecule has 0 aromatic heterocycles. The zero-order valence-electron chi connectivity index (χ0n) is 13.4. The first kappa shape index (κ1) is 15.4. The molecule has 0 spiro atoms. The number of carbonyl (C=O) groups is 1. The molecular weight excluding hydrogens is 312 g/mol. The first-order valence-corrected chi connectivity index (χ1v) is 8.91. The van der Waals surface area contributed by atoms with E-state index in [2.05, 4.69) is 10.2 Å². The topological polar surface area (TPSA) is 41.6 Å². The van der Waals surface area contributed by atoms with Gasteiger partial charge in [-0.1, -0.05) is 23.7 Å². The molecule has 1 aromatic carbocycles. The molecule has 1 N–H and O–H groups in total. The highest BCUT2D eigenvalue weighted by Gasteiger charge is 2.42. The number of benzene rings is 1. The average molecular weight is 335 g/mol. The van der Waals surface area contributed by atoms with Gasteiger partial charge in [-0.3, -0.25) is 9.69 Å². The van der Waals surface area contributed by atoms with Crippen molar-refractivity contribution in [1.82, 2.24) is 10.2 Å². The van der Waals surface area contributed by atoms with Crippen LogP contribution >= 0.6 is 11.6 Å². The largest absolute Gasteiger partial charge is 0.375 e. The van der Waals surface area contributed by atoms with Crippen LogP contribution in [0.2, 0.25) is 5.02 Å². The van der Waals surface area contributed by atoms with Crippen LogP contribution < -0.4 is 5.32 Å². The fourth-order valence-electron chi connectivity index (χ4n) is 3.93. The summed E-state index contributed by atoms with van der Waals surface area (Å²) in [7, 11) is 0. The summed E-state index contributed by atoms with van der Waals surface area (Å²) in [4.78, 5) is 15.1. The molecule has 5 heteroatoms. The first-order chi connectivity index (χ1) is 11.1. The van der Waals surface area contributed by atoms with Crippen molar-refractivity contribution in [2.75, 3.05) is 19.7 Å². The molecule has 1 aromatic rings. The van der Waals surface area contributed by atoms with Gasteiger partial charge in [0, 0.05) is 25.2 Å². The molecule has 1 saturated carbocycles. The van der Waals surface area contributed by atoms with Gasteiger partial charge >= 0.3 is 0 Å². The van der Waals surface area contributed by atoms with Crippen molar-refractivity contribution in [3.05, 3.63) is 34.3 Å². The molecule has 0 unspecified atom stereocenters. The van der Waals surface area contributed by atoms with Gasteiger partial charge in [0.1, 0.15) is 0 Å². The number of nitrogens with one attached hydrogen (secondary N) is 1. The zero-order chi connectivity index (χ0) is 16.0. The van der Waals surface area contributed by atoms with Gasteiger partial charge in [0.15, 0.2) is 0 Å². The Bertz CT molecular complexity index is 597. The minimum atomic E-state index is -0.0578. The standard InChI is InChI=1S/C18H23ClN2O2/c1-11-3-2-4-15(19)17(11)18(22)20-13-7-14-10-23-16(12-5-6-12)9-21(14)8-13/h2-4,12-14,16H,5-10H2,1H3,(H,20,22)/t13-,14-,16+/m0/s1. The highest BCUT2D eigenvalue weighted by molar-refractivity contribution is 6.34. The summed E-state index contributed by atoms with van der Waals surface area (Å²) >= 11 is 6.20. The number of rotatable bonds is 3. The third kappa shape index (κ3) is 3.12. The monoisotopic (exact) mass is 334 g/mol. The Balaban J connectivity index is 1.39. The number of hydrogen-bond acceptors (Lipinski definition) is 3. The Morgan fingerprint density at radius 2 is 2.17 bits per heavy atom. The van der Waals surface area contributed by atoms with Crippen molar-refractivity contribution < 1.29 is 9.53 Å². The van der Waals surface area contributed by atoms with E-state index < -0.39 is 0 Å². The smallest absolute Gasteiger partial charge is 0.253 e. The first-order valence-electron chi connectivity index (χ1n) is 8.53. The van der Waals surface area contributed by atoms with Crippen LogP contribution in [-0.4, -0.2) is 48.7 Å². The SMILES string of the molecule is Cc1cccc(Cl)c1C(=O)N[C@H]1C[C@H]2CO[C@@H](C3CC3)CN2C1. The Morgan fingerprint density at radius 3 is 2.91 bits per heavy atom. The lowest BCUT2D eigenvalue weighted by molar-refractivity contribution is -0.0581. The number of nitrogens with zero attached hydrogens (tertiary/aromatic N) is 1. The highest BCUT2D eigenvalue weighted by Crippen LogP contribution is 2.38. The quantitative estimate of drug-likeness (QED) is 0.924. The van der Waals surface area contributed by atoms with Crippen LogP contribution in [0.4, 0.5) is 0 Å². The van der Waals surface area contributed by atoms with Crippen molar-refractivity contribution in [3.63, 3.8) is 0 Å². The van der Waals surface area contributed by atoms with Gasteiger partial charge in [-0.25, -0.2) is 0 Å². The van der Waals surface area contributed by atoms with Gasteiger partial charge < -0.3 is 10.1 Å². The highest BCUT2D eigenvalue weighted by atomic mass is 35.5. The summed E-state index contributed by atoms with van der Waals surface area (Å²) in [6, 6.07) is 6.20. The number of fused-ring (bicyclic) bond motifs is 1. The van der Waals surface area contributed by atoms with E-state index in [4.69, 9.17) is 16.3 Å². The van der Waals surface area contributed by atoms with Gasteiger partial charge in [0.2, 0.25) is 0 Å². The summed E-state index contributed by atoms with van der Waals surface area (Å²) < 4.78 is 6.02. The third-order valence-electron chi connectivity index (χ3n) is 5.38. The summed E-state index contributed by atoms with van der Waals surface area (Å²) in [6.45, 7) is 4.67. The molecule has 2 saturated heterocycles. The molecule has 3 aliphatic rings. The lowest BCUT2D eigenvalue weighted by atomic mass is 10.1. The van der Waals surface area contributed by atoms with E-state index >= 15 is 0 Å². The predicted molar refractivity (Wildman–Crippen MR) is 89.9 cm³/mol. The van der Waals surface area contributed by atoms with Crippen LogP contribution in [-0.2, 0) is 4.74 Å². The second-order valence-corrected chi connectivity index (χ2v) is 7.56. The number of carbonyl (C=O) groups excluding carboxylic acids is 1. The fraction of sp³-hybridized carbons (Fsp3) is 0.611. The second kappa shape index (κ2) is 6.08. The minimum absolute atomic E-state index is 0.0578. The second-order valence-electron chi connectivity index (χ2n) is 7.15. The van der Waals surface area contributed by atoms with Crippen LogP contribution in [0.5, 0.6) is 0 Å². The zero-order valence-corrected chi connectivity index (χ0v) is 14.2. The lowest BCUT2D eigenvalue weighted by Gasteiger charge is -2.35. The van der Waals surface area contributed by atoms with E-state index in [9.17, 15) is 4.79 Å². The Hall–Kier alpha value is -1.10. The van der Waals surface area contributed by atoms with Gasteiger partial charge in [-0.05, 0) is 43.7 Å². The number of halogens is 1. The van der Waals surface area contributed by atoms with E-state index in [1.165, 1.54) is 12.8 Å². The maximum atomic E-state index is 12.6. The Morgan fingerprint density at radius 1 is 1.35 bits per heavy atom. The number of amides is 1. The molecule has 3 atom stereocenters. The average Bonchev–Trinajstić information content (AvgIpc) is 3.27. The van der Waals surface area contributed by atoms with Crippen LogP contribution in [0.1, 0.15) is 35.2 Å². The van der Waals surface area contributed by atoms with Gasteiger partial charge in [0.25, 0.3) is 5.91 Å². The summed E-state index contributed by atoms with van der Waals surface area (Å²) in [5.74, 6) is 0.716. The van der Waals surface area contributed by atoms with Crippen molar-refractivity contribution in [3.8, 4) is 0 Å². The van der Waals surface area contributed by atoms with E-state index in [1.54, 1.807) is 6.07 Å². The maximum absolute atomic E-state index is 12.6. The Labute approximate surface area is 142 Å². The van der Waals surface area contributed by atoms with E-state index in [1.807, 2.05) is 19.1 Å².